The molecule has 0 radical (unpaired) electrons. The number of hydrogen-bond acceptors (Lipinski definition) is 3. The number of fused-ring (bicyclic) bond motifs is 1. The van der Waals surface area contributed by atoms with Crippen LogP contribution >= 0.6 is 11.6 Å². The summed E-state index contributed by atoms with van der Waals surface area (Å²) in [7, 11) is 0. The number of nitrogens with zero attached hydrogens (tertiary/aromatic N) is 1. The Kier molecular flexibility index (Phi) is 5.51. The second-order valence-corrected chi connectivity index (χ2v) is 7.22. The van der Waals surface area contributed by atoms with Gasteiger partial charge in [0.1, 0.15) is 6.04 Å². The highest BCUT2D eigenvalue weighted by atomic mass is 35.5. The molecule has 0 aliphatic carbocycles. The summed E-state index contributed by atoms with van der Waals surface area (Å²) in [6.45, 7) is 7.17. The molecule has 6 nitrogen and oxygen atoms in total. The summed E-state index contributed by atoms with van der Waals surface area (Å²) in [5.41, 5.74) is 2.03. The third-order valence-electron chi connectivity index (χ3n) is 4.46. The van der Waals surface area contributed by atoms with Gasteiger partial charge in [0, 0.05) is 16.3 Å². The lowest BCUT2D eigenvalue weighted by atomic mass is 9.96. The fraction of sp³-hybridized carbons (Fsp3) is 0.190. The van der Waals surface area contributed by atoms with Gasteiger partial charge in [0.2, 0.25) is 11.8 Å². The first-order valence-electron chi connectivity index (χ1n) is 8.79. The van der Waals surface area contributed by atoms with E-state index in [1.54, 1.807) is 42.5 Å². The first kappa shape index (κ1) is 19.6. The van der Waals surface area contributed by atoms with E-state index in [-0.39, 0.29) is 23.6 Å². The number of rotatable bonds is 4. The van der Waals surface area contributed by atoms with E-state index >= 15 is 0 Å². The van der Waals surface area contributed by atoms with Crippen LogP contribution in [0.1, 0.15) is 24.2 Å². The number of benzene rings is 2. The van der Waals surface area contributed by atoms with Crippen LogP contribution in [0.3, 0.4) is 0 Å². The molecule has 0 bridgehead atoms. The Bertz CT molecular complexity index is 954. The van der Waals surface area contributed by atoms with Crippen molar-refractivity contribution in [3.63, 3.8) is 0 Å². The molecule has 2 aromatic carbocycles. The molecule has 2 N–H and O–H groups in total. The molecule has 2 aromatic rings. The standard InChI is InChI=1S/C21H20ClN3O3/c1-4-18(26)23-15-8-5-13(6-9-15)21(28)25-17-11-14(22)7-10-16(17)24-20(27)19(25)12(2)3/h4-12,19H,1H2,2-3H3,(H,23,26)(H,24,27)/t19-/m0/s1. The van der Waals surface area contributed by atoms with Crippen LogP contribution in [0.5, 0.6) is 0 Å². The Labute approximate surface area is 168 Å². The minimum absolute atomic E-state index is 0.109. The average molecular weight is 398 g/mol. The van der Waals surface area contributed by atoms with Crippen LogP contribution in [0.15, 0.2) is 55.1 Å². The number of hydrogen-bond donors (Lipinski definition) is 2. The van der Waals surface area contributed by atoms with Crippen molar-refractivity contribution in [1.29, 1.82) is 0 Å². The van der Waals surface area contributed by atoms with Gasteiger partial charge in [-0.1, -0.05) is 32.0 Å². The van der Waals surface area contributed by atoms with Gasteiger partial charge in [0.15, 0.2) is 0 Å². The van der Waals surface area contributed by atoms with E-state index in [1.165, 1.54) is 11.0 Å². The summed E-state index contributed by atoms with van der Waals surface area (Å²) < 4.78 is 0. The lowest BCUT2D eigenvalue weighted by molar-refractivity contribution is -0.118. The van der Waals surface area contributed by atoms with Gasteiger partial charge >= 0.3 is 0 Å². The van der Waals surface area contributed by atoms with Gasteiger partial charge in [0.05, 0.1) is 11.4 Å². The predicted molar refractivity (Wildman–Crippen MR) is 111 cm³/mol. The zero-order valence-corrected chi connectivity index (χ0v) is 16.3. The molecular formula is C21H20ClN3O3. The van der Waals surface area contributed by atoms with Crippen molar-refractivity contribution in [2.24, 2.45) is 5.92 Å². The van der Waals surface area contributed by atoms with Crippen molar-refractivity contribution in [1.82, 2.24) is 0 Å². The highest BCUT2D eigenvalue weighted by Gasteiger charge is 2.39. The molecule has 1 aliphatic heterocycles. The van der Waals surface area contributed by atoms with Crippen LogP contribution in [0.4, 0.5) is 17.1 Å². The topological polar surface area (TPSA) is 78.5 Å². The second-order valence-electron chi connectivity index (χ2n) is 6.79. The van der Waals surface area contributed by atoms with E-state index in [9.17, 15) is 14.4 Å². The van der Waals surface area contributed by atoms with Gasteiger partial charge in [-0.15, -0.1) is 0 Å². The Morgan fingerprint density at radius 2 is 1.89 bits per heavy atom. The molecule has 0 fully saturated rings. The maximum absolute atomic E-state index is 13.3. The largest absolute Gasteiger partial charge is 0.323 e. The predicted octanol–water partition coefficient (Wildman–Crippen LogP) is 4.09. The molecular weight excluding hydrogens is 378 g/mol. The summed E-state index contributed by atoms with van der Waals surface area (Å²) >= 11 is 6.14. The van der Waals surface area contributed by atoms with E-state index in [1.807, 2.05) is 13.8 Å². The monoisotopic (exact) mass is 397 g/mol. The second kappa shape index (κ2) is 7.86. The SMILES string of the molecule is C=CC(=O)Nc1ccc(C(=O)N2c3cc(Cl)ccc3NC(=O)[C@@H]2C(C)C)cc1. The third-order valence-corrected chi connectivity index (χ3v) is 4.69. The average Bonchev–Trinajstić information content (AvgIpc) is 2.67. The first-order chi connectivity index (χ1) is 13.3. The highest BCUT2D eigenvalue weighted by molar-refractivity contribution is 6.31. The van der Waals surface area contributed by atoms with Gasteiger partial charge in [0.25, 0.3) is 5.91 Å². The van der Waals surface area contributed by atoms with Crippen molar-refractivity contribution in [3.05, 3.63) is 65.7 Å². The van der Waals surface area contributed by atoms with Gasteiger partial charge in [-0.05, 0) is 54.5 Å². The normalized spacial score (nSPS) is 15.6. The van der Waals surface area contributed by atoms with Crippen LogP contribution < -0.4 is 15.5 Å². The van der Waals surface area contributed by atoms with Crippen LogP contribution in [0.25, 0.3) is 0 Å². The summed E-state index contributed by atoms with van der Waals surface area (Å²) in [6, 6.07) is 10.8. The van der Waals surface area contributed by atoms with Crippen LogP contribution in [0.2, 0.25) is 5.02 Å². The molecule has 0 aromatic heterocycles. The van der Waals surface area contributed by atoms with E-state index in [0.29, 0.717) is 27.6 Å². The molecule has 0 saturated heterocycles. The quantitative estimate of drug-likeness (QED) is 0.763. The fourth-order valence-corrected chi connectivity index (χ4v) is 3.32. The van der Waals surface area contributed by atoms with Gasteiger partial charge in [-0.3, -0.25) is 19.3 Å². The molecule has 3 rings (SSSR count). The number of amides is 3. The molecule has 3 amide bonds. The zero-order valence-electron chi connectivity index (χ0n) is 15.5. The van der Waals surface area contributed by atoms with Gasteiger partial charge < -0.3 is 10.6 Å². The lowest BCUT2D eigenvalue weighted by Gasteiger charge is -2.38. The number of halogens is 1. The summed E-state index contributed by atoms with van der Waals surface area (Å²) in [6.07, 6.45) is 1.17. The van der Waals surface area contributed by atoms with E-state index < -0.39 is 6.04 Å². The Morgan fingerprint density at radius 1 is 1.21 bits per heavy atom. The minimum atomic E-state index is -0.668. The van der Waals surface area contributed by atoms with Crippen LogP contribution in [-0.4, -0.2) is 23.8 Å². The molecule has 28 heavy (non-hydrogen) atoms. The number of nitrogens with one attached hydrogen (secondary N) is 2. The Balaban J connectivity index is 2.00. The van der Waals surface area contributed by atoms with Gasteiger partial charge in [-0.2, -0.15) is 0 Å². The molecule has 144 valence electrons. The minimum Gasteiger partial charge on any atom is -0.323 e. The zero-order chi connectivity index (χ0) is 20.4. The van der Waals surface area contributed by atoms with Crippen LogP contribution in [-0.2, 0) is 9.59 Å². The summed E-state index contributed by atoms with van der Waals surface area (Å²) in [5, 5.41) is 5.94. The molecule has 0 spiro atoms. The molecule has 1 atom stereocenters. The molecule has 1 aliphatic rings. The molecule has 0 unspecified atom stereocenters. The van der Waals surface area contributed by atoms with Crippen molar-refractivity contribution in [3.8, 4) is 0 Å². The maximum Gasteiger partial charge on any atom is 0.259 e. The van der Waals surface area contributed by atoms with E-state index in [4.69, 9.17) is 11.6 Å². The van der Waals surface area contributed by atoms with Gasteiger partial charge in [-0.25, -0.2) is 0 Å². The Hall–Kier alpha value is -3.12. The first-order valence-corrected chi connectivity index (χ1v) is 9.17. The van der Waals surface area contributed by atoms with Crippen molar-refractivity contribution in [2.75, 3.05) is 15.5 Å². The lowest BCUT2D eigenvalue weighted by Crippen LogP contribution is -2.53. The van der Waals surface area contributed by atoms with Crippen molar-refractivity contribution >= 4 is 46.4 Å². The van der Waals surface area contributed by atoms with Crippen LogP contribution in [0, 0.1) is 5.92 Å². The maximum atomic E-state index is 13.3. The smallest absolute Gasteiger partial charge is 0.259 e. The summed E-state index contributed by atoms with van der Waals surface area (Å²) in [5.74, 6) is -1.01. The number of carbonyl (C=O) groups is 3. The number of carbonyl (C=O) groups excluding carboxylic acids is 3. The van der Waals surface area contributed by atoms with E-state index in [0.717, 1.165) is 0 Å². The Morgan fingerprint density at radius 3 is 2.50 bits per heavy atom. The fourth-order valence-electron chi connectivity index (χ4n) is 3.15. The number of anilines is 3. The van der Waals surface area contributed by atoms with Crippen molar-refractivity contribution < 1.29 is 14.4 Å². The third kappa shape index (κ3) is 3.77. The van der Waals surface area contributed by atoms with E-state index in [2.05, 4.69) is 17.2 Å². The molecule has 7 heteroatoms. The highest BCUT2D eigenvalue weighted by Crippen LogP contribution is 2.37. The van der Waals surface area contributed by atoms with Crippen molar-refractivity contribution in [2.45, 2.75) is 19.9 Å². The summed E-state index contributed by atoms with van der Waals surface area (Å²) in [4.78, 5) is 38.9. The molecule has 1 heterocycles. The molecule has 0 saturated carbocycles.